The first-order chi connectivity index (χ1) is 6.11. The molecule has 1 saturated heterocycles. The average molecular weight is 229 g/mol. The lowest BCUT2D eigenvalue weighted by atomic mass is 9.91. The van der Waals surface area contributed by atoms with Gasteiger partial charge < -0.3 is 24.8 Å². The normalized spacial score (nSPS) is 43.1. The largest absolute Gasteiger partial charge is 0.394 e. The zero-order valence-corrected chi connectivity index (χ0v) is 8.98. The molecule has 1 aliphatic heterocycles. The minimum atomic E-state index is -0.859. The summed E-state index contributed by atoms with van der Waals surface area (Å²) in [5.74, 6) is -0.365. The molecule has 14 heavy (non-hydrogen) atoms. The molecular formula is C8H17ClO5. The third-order valence-electron chi connectivity index (χ3n) is 2.46. The number of hydrogen-bond acceptors (Lipinski definition) is 5. The van der Waals surface area contributed by atoms with Gasteiger partial charge in [-0.25, -0.2) is 0 Å². The zero-order valence-electron chi connectivity index (χ0n) is 8.16. The Labute approximate surface area is 89.1 Å². The molecule has 0 bridgehead atoms. The number of ether oxygens (including phenoxy) is 2. The molecule has 0 saturated carbocycles. The van der Waals surface area contributed by atoms with E-state index in [1.807, 2.05) is 0 Å². The van der Waals surface area contributed by atoms with Crippen LogP contribution in [0, 0.1) is 5.92 Å². The molecule has 0 unspecified atom stereocenters. The molecule has 0 aliphatic carbocycles. The van der Waals surface area contributed by atoms with Crippen molar-refractivity contribution in [2.75, 3.05) is 13.7 Å². The van der Waals surface area contributed by atoms with E-state index >= 15 is 0 Å². The predicted molar refractivity (Wildman–Crippen MR) is 51.2 cm³/mol. The molecule has 1 heterocycles. The Morgan fingerprint density at radius 1 is 1.29 bits per heavy atom. The third-order valence-corrected chi connectivity index (χ3v) is 2.46. The number of aliphatic hydroxyl groups is 3. The van der Waals surface area contributed by atoms with Crippen molar-refractivity contribution >= 4 is 12.4 Å². The summed E-state index contributed by atoms with van der Waals surface area (Å²) in [5, 5.41) is 27.9. The van der Waals surface area contributed by atoms with Gasteiger partial charge in [-0.3, -0.25) is 0 Å². The standard InChI is InChI=1S/C8H16O5.ClH/c1-4-6(10)5(3-9)13-8(12-2)7(4)11;/h4-11H,3H2,1-2H3;1H/t4-,5+,6-,7-,8-;/m0./s1. The van der Waals surface area contributed by atoms with Crippen molar-refractivity contribution in [3.8, 4) is 0 Å². The molecule has 0 amide bonds. The van der Waals surface area contributed by atoms with Crippen LogP contribution in [0.5, 0.6) is 0 Å². The minimum Gasteiger partial charge on any atom is -0.394 e. The summed E-state index contributed by atoms with van der Waals surface area (Å²) in [6, 6.07) is 0. The molecule has 0 aromatic heterocycles. The van der Waals surface area contributed by atoms with Gasteiger partial charge in [0.15, 0.2) is 6.29 Å². The molecule has 3 N–H and O–H groups in total. The lowest BCUT2D eigenvalue weighted by Crippen LogP contribution is -2.54. The highest BCUT2D eigenvalue weighted by molar-refractivity contribution is 5.85. The summed E-state index contributed by atoms with van der Waals surface area (Å²) in [4.78, 5) is 0. The highest BCUT2D eigenvalue weighted by Gasteiger charge is 2.41. The van der Waals surface area contributed by atoms with Crippen molar-refractivity contribution in [3.05, 3.63) is 0 Å². The SMILES string of the molecule is CO[C@H]1O[C@H](CO)[C@@H](O)[C@H](C)[C@@H]1O.Cl. The maximum atomic E-state index is 9.53. The average Bonchev–Trinajstić information content (AvgIpc) is 2.15. The molecule has 6 heteroatoms. The molecule has 1 aliphatic rings. The van der Waals surface area contributed by atoms with Crippen LogP contribution in [0.4, 0.5) is 0 Å². The van der Waals surface area contributed by atoms with Crippen LogP contribution in [0.3, 0.4) is 0 Å². The van der Waals surface area contributed by atoms with E-state index in [4.69, 9.17) is 14.6 Å². The second kappa shape index (κ2) is 5.85. The lowest BCUT2D eigenvalue weighted by molar-refractivity contribution is -0.280. The van der Waals surface area contributed by atoms with Crippen LogP contribution in [-0.4, -0.2) is 53.6 Å². The van der Waals surface area contributed by atoms with Crippen LogP contribution in [0.2, 0.25) is 0 Å². The molecule has 86 valence electrons. The van der Waals surface area contributed by atoms with Gasteiger partial charge in [-0.1, -0.05) is 6.92 Å². The van der Waals surface area contributed by atoms with Gasteiger partial charge in [0.1, 0.15) is 12.2 Å². The Morgan fingerprint density at radius 3 is 2.29 bits per heavy atom. The second-order valence-corrected chi connectivity index (χ2v) is 3.30. The summed E-state index contributed by atoms with van der Waals surface area (Å²) in [6.45, 7) is 1.41. The molecule has 0 spiro atoms. The van der Waals surface area contributed by atoms with Crippen molar-refractivity contribution < 1.29 is 24.8 Å². The van der Waals surface area contributed by atoms with Gasteiger partial charge in [0.25, 0.3) is 0 Å². The number of rotatable bonds is 2. The van der Waals surface area contributed by atoms with E-state index in [-0.39, 0.29) is 24.9 Å². The van der Waals surface area contributed by atoms with E-state index in [0.717, 1.165) is 0 Å². The monoisotopic (exact) mass is 228 g/mol. The first-order valence-electron chi connectivity index (χ1n) is 4.27. The van der Waals surface area contributed by atoms with Crippen molar-refractivity contribution in [3.63, 3.8) is 0 Å². The van der Waals surface area contributed by atoms with Gasteiger partial charge in [0.05, 0.1) is 12.7 Å². The quantitative estimate of drug-likeness (QED) is 0.573. The maximum absolute atomic E-state index is 9.53. The highest BCUT2D eigenvalue weighted by Crippen LogP contribution is 2.25. The smallest absolute Gasteiger partial charge is 0.183 e. The fraction of sp³-hybridized carbons (Fsp3) is 1.00. The van der Waals surface area contributed by atoms with E-state index in [0.29, 0.717) is 0 Å². The Kier molecular flexibility index (Phi) is 5.88. The molecule has 5 nitrogen and oxygen atoms in total. The van der Waals surface area contributed by atoms with Crippen molar-refractivity contribution in [2.24, 2.45) is 5.92 Å². The lowest BCUT2D eigenvalue weighted by Gasteiger charge is -2.40. The van der Waals surface area contributed by atoms with E-state index in [1.165, 1.54) is 7.11 Å². The first kappa shape index (κ1) is 14.1. The Hall–Kier alpha value is 0.0900. The summed E-state index contributed by atoms with van der Waals surface area (Å²) in [7, 11) is 1.41. The molecule has 1 rings (SSSR count). The van der Waals surface area contributed by atoms with Crippen LogP contribution in [0.1, 0.15) is 6.92 Å². The van der Waals surface area contributed by atoms with Gasteiger partial charge in [-0.2, -0.15) is 0 Å². The van der Waals surface area contributed by atoms with Crippen molar-refractivity contribution in [1.29, 1.82) is 0 Å². The van der Waals surface area contributed by atoms with E-state index in [1.54, 1.807) is 6.92 Å². The number of hydrogen-bond donors (Lipinski definition) is 3. The van der Waals surface area contributed by atoms with Crippen LogP contribution in [-0.2, 0) is 9.47 Å². The Morgan fingerprint density at radius 2 is 1.86 bits per heavy atom. The fourth-order valence-corrected chi connectivity index (χ4v) is 1.47. The van der Waals surface area contributed by atoms with Gasteiger partial charge in [-0.15, -0.1) is 12.4 Å². The van der Waals surface area contributed by atoms with Crippen LogP contribution in [0.15, 0.2) is 0 Å². The molecule has 1 fully saturated rings. The molecule has 0 aromatic rings. The minimum absolute atomic E-state index is 0. The summed E-state index contributed by atoms with van der Waals surface area (Å²) < 4.78 is 9.97. The Bertz CT molecular complexity index is 148. The molecule has 0 radical (unpaired) electrons. The van der Waals surface area contributed by atoms with E-state index in [2.05, 4.69) is 0 Å². The number of halogens is 1. The maximum Gasteiger partial charge on any atom is 0.183 e. The highest BCUT2D eigenvalue weighted by atomic mass is 35.5. The van der Waals surface area contributed by atoms with Crippen LogP contribution in [0.25, 0.3) is 0 Å². The summed E-state index contributed by atoms with van der Waals surface area (Å²) in [6.07, 6.45) is -3.16. The molecule has 5 atom stereocenters. The second-order valence-electron chi connectivity index (χ2n) is 3.30. The number of aliphatic hydroxyl groups excluding tert-OH is 3. The number of methoxy groups -OCH3 is 1. The summed E-state index contributed by atoms with van der Waals surface area (Å²) >= 11 is 0. The Balaban J connectivity index is 0.00000169. The van der Waals surface area contributed by atoms with Crippen LogP contribution < -0.4 is 0 Å². The zero-order chi connectivity index (χ0) is 10.0. The van der Waals surface area contributed by atoms with Crippen molar-refractivity contribution in [1.82, 2.24) is 0 Å². The van der Waals surface area contributed by atoms with Crippen LogP contribution >= 0.6 is 12.4 Å². The van der Waals surface area contributed by atoms with E-state index in [9.17, 15) is 10.2 Å². The van der Waals surface area contributed by atoms with Gasteiger partial charge >= 0.3 is 0 Å². The van der Waals surface area contributed by atoms with Gasteiger partial charge in [-0.05, 0) is 0 Å². The van der Waals surface area contributed by atoms with Gasteiger partial charge in [0.2, 0.25) is 0 Å². The third kappa shape index (κ3) is 2.56. The summed E-state index contributed by atoms with van der Waals surface area (Å²) in [5.41, 5.74) is 0. The fourth-order valence-electron chi connectivity index (χ4n) is 1.47. The molecule has 0 aromatic carbocycles. The first-order valence-corrected chi connectivity index (χ1v) is 4.27. The van der Waals surface area contributed by atoms with E-state index < -0.39 is 24.6 Å². The van der Waals surface area contributed by atoms with Crippen molar-refractivity contribution in [2.45, 2.75) is 31.5 Å². The molecular weight excluding hydrogens is 212 g/mol. The van der Waals surface area contributed by atoms with Gasteiger partial charge in [0, 0.05) is 13.0 Å². The topological polar surface area (TPSA) is 79.2 Å². The predicted octanol–water partition coefficient (Wildman–Crippen LogP) is -0.870.